The SMILES string of the molecule is Cc1cc(Br)ccc1Nc1c(C(=O)NCCCN(C)C)ccc(F)c1F.NC(=O)c1ccccc1. The van der Waals surface area contributed by atoms with Gasteiger partial charge in [0.2, 0.25) is 5.91 Å². The van der Waals surface area contributed by atoms with Gasteiger partial charge in [0.05, 0.1) is 11.3 Å². The molecule has 0 heterocycles. The average Bonchev–Trinajstić information content (AvgIpc) is 2.82. The molecule has 3 rings (SSSR count). The molecule has 0 aliphatic rings. The number of hydrogen-bond acceptors (Lipinski definition) is 4. The molecule has 2 amide bonds. The summed E-state index contributed by atoms with van der Waals surface area (Å²) in [7, 11) is 3.89. The van der Waals surface area contributed by atoms with Gasteiger partial charge in [-0.05, 0) is 82.0 Å². The first kappa shape index (κ1) is 27.9. The van der Waals surface area contributed by atoms with E-state index >= 15 is 0 Å². The number of benzene rings is 3. The number of hydrogen-bond donors (Lipinski definition) is 3. The van der Waals surface area contributed by atoms with E-state index in [-0.39, 0.29) is 17.2 Å². The first-order valence-corrected chi connectivity index (χ1v) is 11.7. The molecule has 0 spiro atoms. The lowest BCUT2D eigenvalue weighted by Crippen LogP contribution is -2.28. The van der Waals surface area contributed by atoms with E-state index in [2.05, 4.69) is 26.6 Å². The van der Waals surface area contributed by atoms with Gasteiger partial charge in [-0.25, -0.2) is 8.78 Å². The second-order valence-corrected chi connectivity index (χ2v) is 8.93. The Balaban J connectivity index is 0.000000402. The molecule has 3 aromatic carbocycles. The minimum atomic E-state index is -1.08. The molecule has 0 saturated carbocycles. The lowest BCUT2D eigenvalue weighted by molar-refractivity contribution is 0.0951. The second kappa shape index (κ2) is 13.6. The number of rotatable bonds is 8. The molecule has 35 heavy (non-hydrogen) atoms. The van der Waals surface area contributed by atoms with Gasteiger partial charge in [-0.2, -0.15) is 0 Å². The zero-order valence-corrected chi connectivity index (χ0v) is 21.5. The third kappa shape index (κ3) is 8.77. The summed E-state index contributed by atoms with van der Waals surface area (Å²) in [6.07, 6.45) is 0.761. The van der Waals surface area contributed by atoms with Crippen LogP contribution < -0.4 is 16.4 Å². The van der Waals surface area contributed by atoms with Crippen molar-refractivity contribution in [2.45, 2.75) is 13.3 Å². The third-order valence-corrected chi connectivity index (χ3v) is 5.41. The lowest BCUT2D eigenvalue weighted by atomic mass is 10.1. The number of nitrogens with one attached hydrogen (secondary N) is 2. The summed E-state index contributed by atoms with van der Waals surface area (Å²) in [6, 6.07) is 16.4. The highest BCUT2D eigenvalue weighted by Crippen LogP contribution is 2.29. The molecule has 0 aliphatic heterocycles. The first-order chi connectivity index (χ1) is 16.6. The van der Waals surface area contributed by atoms with Gasteiger partial charge in [0, 0.05) is 22.3 Å². The van der Waals surface area contributed by atoms with Crippen LogP contribution >= 0.6 is 15.9 Å². The van der Waals surface area contributed by atoms with Crippen LogP contribution in [0.25, 0.3) is 0 Å². The molecular weight excluding hydrogens is 518 g/mol. The Morgan fingerprint density at radius 1 is 1.03 bits per heavy atom. The summed E-state index contributed by atoms with van der Waals surface area (Å²) in [4.78, 5) is 24.9. The van der Waals surface area contributed by atoms with Gasteiger partial charge in [0.15, 0.2) is 11.6 Å². The largest absolute Gasteiger partial charge is 0.366 e. The van der Waals surface area contributed by atoms with E-state index in [1.807, 2.05) is 38.1 Å². The molecule has 0 aromatic heterocycles. The molecule has 9 heteroatoms. The molecule has 0 bridgehead atoms. The molecule has 0 saturated heterocycles. The van der Waals surface area contributed by atoms with E-state index in [0.717, 1.165) is 29.1 Å². The zero-order chi connectivity index (χ0) is 26.0. The number of aryl methyl sites for hydroxylation is 1. The molecule has 0 radical (unpaired) electrons. The van der Waals surface area contributed by atoms with Crippen molar-refractivity contribution in [3.63, 3.8) is 0 Å². The maximum Gasteiger partial charge on any atom is 0.253 e. The number of anilines is 2. The fraction of sp³-hybridized carbons (Fsp3) is 0.231. The number of amides is 2. The summed E-state index contributed by atoms with van der Waals surface area (Å²) < 4.78 is 29.0. The minimum Gasteiger partial charge on any atom is -0.366 e. The van der Waals surface area contributed by atoms with E-state index in [1.54, 1.807) is 36.4 Å². The van der Waals surface area contributed by atoms with Crippen molar-refractivity contribution >= 4 is 39.1 Å². The molecule has 0 unspecified atom stereocenters. The number of halogens is 3. The quantitative estimate of drug-likeness (QED) is 0.337. The first-order valence-electron chi connectivity index (χ1n) is 10.9. The standard InChI is InChI=1S/C19H22BrF2N3O.C7H7NO/c1-12-11-13(20)5-8-16(12)24-18-14(6-7-15(21)17(18)22)19(26)23-9-4-10-25(2)3;8-7(9)6-4-2-1-3-5-6/h5-8,11,24H,4,9-10H2,1-3H3,(H,23,26);1-5H,(H2,8,9). The van der Waals surface area contributed by atoms with Crippen molar-refractivity contribution in [3.8, 4) is 0 Å². The van der Waals surface area contributed by atoms with Crippen LogP contribution in [0.3, 0.4) is 0 Å². The minimum absolute atomic E-state index is 0.0658. The van der Waals surface area contributed by atoms with E-state index in [9.17, 15) is 18.4 Å². The fourth-order valence-corrected chi connectivity index (χ4v) is 3.53. The topological polar surface area (TPSA) is 87.5 Å². The fourth-order valence-electron chi connectivity index (χ4n) is 3.06. The number of carbonyl (C=O) groups is 2. The summed E-state index contributed by atoms with van der Waals surface area (Å²) in [6.45, 7) is 3.11. The maximum absolute atomic E-state index is 14.4. The Hall–Kier alpha value is -3.30. The van der Waals surface area contributed by atoms with Gasteiger partial charge in [-0.3, -0.25) is 9.59 Å². The molecule has 0 atom stereocenters. The zero-order valence-electron chi connectivity index (χ0n) is 19.9. The number of nitrogens with two attached hydrogens (primary N) is 1. The van der Waals surface area contributed by atoms with Gasteiger partial charge in [-0.15, -0.1) is 0 Å². The van der Waals surface area contributed by atoms with E-state index in [0.29, 0.717) is 17.8 Å². The summed E-state index contributed by atoms with van der Waals surface area (Å²) in [5, 5.41) is 5.61. The van der Waals surface area contributed by atoms with Crippen LogP contribution in [0.5, 0.6) is 0 Å². The Morgan fingerprint density at radius 3 is 2.29 bits per heavy atom. The second-order valence-electron chi connectivity index (χ2n) is 8.01. The Bertz CT molecular complexity index is 1160. The van der Waals surface area contributed by atoms with Crippen molar-refractivity contribution in [2.75, 3.05) is 32.5 Å². The van der Waals surface area contributed by atoms with Crippen LogP contribution in [0, 0.1) is 18.6 Å². The number of carbonyl (C=O) groups excluding carboxylic acids is 2. The van der Waals surface area contributed by atoms with Gasteiger partial charge in [-0.1, -0.05) is 34.1 Å². The van der Waals surface area contributed by atoms with Gasteiger partial charge in [0.1, 0.15) is 0 Å². The molecular formula is C26H29BrF2N4O2. The Morgan fingerprint density at radius 2 is 1.71 bits per heavy atom. The van der Waals surface area contributed by atoms with Crippen LogP contribution in [0.2, 0.25) is 0 Å². The lowest BCUT2D eigenvalue weighted by Gasteiger charge is -2.16. The maximum atomic E-state index is 14.4. The highest BCUT2D eigenvalue weighted by Gasteiger charge is 2.19. The third-order valence-electron chi connectivity index (χ3n) is 4.91. The predicted molar refractivity (Wildman–Crippen MR) is 139 cm³/mol. The van der Waals surface area contributed by atoms with E-state index in [1.165, 1.54) is 6.07 Å². The van der Waals surface area contributed by atoms with Gasteiger partial charge in [0.25, 0.3) is 5.91 Å². The molecule has 186 valence electrons. The van der Waals surface area contributed by atoms with Crippen molar-refractivity contribution in [1.29, 1.82) is 0 Å². The van der Waals surface area contributed by atoms with Crippen molar-refractivity contribution < 1.29 is 18.4 Å². The smallest absolute Gasteiger partial charge is 0.253 e. The molecule has 0 aliphatic carbocycles. The van der Waals surface area contributed by atoms with E-state index < -0.39 is 17.5 Å². The summed E-state index contributed by atoms with van der Waals surface area (Å²) in [5.74, 6) is -2.91. The monoisotopic (exact) mass is 546 g/mol. The number of nitrogens with zero attached hydrogens (tertiary/aromatic N) is 1. The molecule has 6 nitrogen and oxygen atoms in total. The highest BCUT2D eigenvalue weighted by atomic mass is 79.9. The van der Waals surface area contributed by atoms with Crippen molar-refractivity contribution in [3.05, 3.63) is 93.5 Å². The van der Waals surface area contributed by atoms with Crippen LogP contribution in [-0.2, 0) is 0 Å². The predicted octanol–water partition coefficient (Wildman–Crippen LogP) is 5.25. The van der Waals surface area contributed by atoms with Crippen molar-refractivity contribution in [1.82, 2.24) is 10.2 Å². The van der Waals surface area contributed by atoms with Crippen molar-refractivity contribution in [2.24, 2.45) is 5.73 Å². The van der Waals surface area contributed by atoms with Crippen LogP contribution in [0.1, 0.15) is 32.7 Å². The molecule has 4 N–H and O–H groups in total. The van der Waals surface area contributed by atoms with Gasteiger partial charge < -0.3 is 21.3 Å². The molecule has 3 aromatic rings. The highest BCUT2D eigenvalue weighted by molar-refractivity contribution is 9.10. The summed E-state index contributed by atoms with van der Waals surface area (Å²) in [5.41, 5.74) is 6.86. The van der Waals surface area contributed by atoms with Crippen LogP contribution in [-0.4, -0.2) is 43.9 Å². The average molecular weight is 547 g/mol. The Labute approximate surface area is 212 Å². The van der Waals surface area contributed by atoms with Crippen LogP contribution in [0.4, 0.5) is 20.2 Å². The molecule has 0 fully saturated rings. The van der Waals surface area contributed by atoms with E-state index in [4.69, 9.17) is 5.73 Å². The summed E-state index contributed by atoms with van der Waals surface area (Å²) >= 11 is 3.36. The Kier molecular flexibility index (Phi) is 10.8. The normalized spacial score (nSPS) is 10.4. The van der Waals surface area contributed by atoms with Gasteiger partial charge >= 0.3 is 0 Å². The van der Waals surface area contributed by atoms with Crippen LogP contribution in [0.15, 0.2) is 65.1 Å². The number of primary amides is 1.